The van der Waals surface area contributed by atoms with Crippen LogP contribution in [0.3, 0.4) is 0 Å². The summed E-state index contributed by atoms with van der Waals surface area (Å²) >= 11 is 6.09. The van der Waals surface area contributed by atoms with E-state index in [2.05, 4.69) is 12.2 Å². The van der Waals surface area contributed by atoms with E-state index in [-0.39, 0.29) is 18.6 Å². The van der Waals surface area contributed by atoms with Crippen molar-refractivity contribution in [1.29, 1.82) is 0 Å². The standard InChI is InChI=1S/C27H28ClNO5/c1-2-3-11-29-15-20(30)17-32-21-13-24(33-16-18-7-6-8-19(28)12-18)26-25(14-21)34-23-10-5-4-9-22(23)27(26)31/h4-10,12-14,20,29-30H,2-3,11,15-17H2,1H3. The van der Waals surface area contributed by atoms with E-state index in [4.69, 9.17) is 25.5 Å². The van der Waals surface area contributed by atoms with Crippen LogP contribution in [0, 0.1) is 0 Å². The Morgan fingerprint density at radius 1 is 1.06 bits per heavy atom. The largest absolute Gasteiger partial charge is 0.491 e. The summed E-state index contributed by atoms with van der Waals surface area (Å²) in [6.45, 7) is 3.72. The van der Waals surface area contributed by atoms with Gasteiger partial charge >= 0.3 is 0 Å². The first-order valence-corrected chi connectivity index (χ1v) is 11.8. The lowest BCUT2D eigenvalue weighted by atomic mass is 10.1. The first-order valence-electron chi connectivity index (χ1n) is 11.4. The van der Waals surface area contributed by atoms with Crippen molar-refractivity contribution in [3.05, 3.63) is 81.5 Å². The smallest absolute Gasteiger partial charge is 0.204 e. The minimum absolute atomic E-state index is 0.0934. The molecule has 0 radical (unpaired) electrons. The molecule has 0 aliphatic rings. The molecule has 0 amide bonds. The lowest BCUT2D eigenvalue weighted by molar-refractivity contribution is 0.106. The summed E-state index contributed by atoms with van der Waals surface area (Å²) in [7, 11) is 0. The molecule has 2 N–H and O–H groups in total. The maximum atomic E-state index is 13.3. The SMILES string of the molecule is CCCCNCC(O)COc1cc(OCc2cccc(Cl)c2)c2c(=O)c3ccccc3oc2c1. The third kappa shape index (κ3) is 5.89. The number of hydrogen-bond acceptors (Lipinski definition) is 6. The first kappa shape index (κ1) is 24.1. The predicted molar refractivity (Wildman–Crippen MR) is 135 cm³/mol. The van der Waals surface area contributed by atoms with Gasteiger partial charge in [0.15, 0.2) is 0 Å². The molecule has 1 unspecified atom stereocenters. The molecule has 0 aliphatic carbocycles. The number of para-hydroxylation sites is 1. The van der Waals surface area contributed by atoms with Crippen LogP contribution in [0.2, 0.25) is 5.02 Å². The summed E-state index contributed by atoms with van der Waals surface area (Å²) in [5, 5.41) is 14.9. The molecule has 3 aromatic carbocycles. The second-order valence-electron chi connectivity index (χ2n) is 8.16. The van der Waals surface area contributed by atoms with E-state index in [1.807, 2.05) is 24.3 Å². The van der Waals surface area contributed by atoms with E-state index >= 15 is 0 Å². The van der Waals surface area contributed by atoms with Gasteiger partial charge in [-0.05, 0) is 42.8 Å². The van der Waals surface area contributed by atoms with Crippen molar-refractivity contribution < 1.29 is 19.0 Å². The Bertz CT molecular complexity index is 1320. The molecule has 0 aliphatic heterocycles. The highest BCUT2D eigenvalue weighted by Gasteiger charge is 2.16. The minimum Gasteiger partial charge on any atom is -0.491 e. The number of halogens is 1. The molecule has 1 atom stereocenters. The van der Waals surface area contributed by atoms with Crippen LogP contribution in [-0.2, 0) is 6.61 Å². The van der Waals surface area contributed by atoms with Gasteiger partial charge < -0.3 is 24.3 Å². The molecular formula is C27H28ClNO5. The summed E-state index contributed by atoms with van der Waals surface area (Å²) in [5.41, 5.74) is 1.53. The number of aliphatic hydroxyl groups excluding tert-OH is 1. The molecule has 4 aromatic rings. The van der Waals surface area contributed by atoms with E-state index < -0.39 is 6.10 Å². The average molecular weight is 482 g/mol. The van der Waals surface area contributed by atoms with Crippen molar-refractivity contribution in [3.63, 3.8) is 0 Å². The summed E-state index contributed by atoms with van der Waals surface area (Å²) in [5.74, 6) is 0.794. The second-order valence-corrected chi connectivity index (χ2v) is 8.60. The molecule has 0 spiro atoms. The van der Waals surface area contributed by atoms with Crippen molar-refractivity contribution in [2.75, 3.05) is 19.7 Å². The fourth-order valence-corrected chi connectivity index (χ4v) is 3.89. The molecular weight excluding hydrogens is 454 g/mol. The quantitative estimate of drug-likeness (QED) is 0.223. The third-order valence-electron chi connectivity index (χ3n) is 5.43. The Hall–Kier alpha value is -3.06. The van der Waals surface area contributed by atoms with E-state index in [0.29, 0.717) is 45.0 Å². The van der Waals surface area contributed by atoms with Gasteiger partial charge in [0.25, 0.3) is 0 Å². The lowest BCUT2D eigenvalue weighted by Crippen LogP contribution is -2.31. The maximum Gasteiger partial charge on any atom is 0.204 e. The zero-order valence-corrected chi connectivity index (χ0v) is 19.8. The molecule has 7 heteroatoms. The maximum absolute atomic E-state index is 13.3. The Morgan fingerprint density at radius 2 is 1.91 bits per heavy atom. The summed E-state index contributed by atoms with van der Waals surface area (Å²) in [4.78, 5) is 13.3. The molecule has 0 bridgehead atoms. The highest BCUT2D eigenvalue weighted by molar-refractivity contribution is 6.30. The molecule has 0 fully saturated rings. The summed E-state index contributed by atoms with van der Waals surface area (Å²) in [6, 6.07) is 17.8. The van der Waals surface area contributed by atoms with Crippen molar-refractivity contribution >= 4 is 33.5 Å². The fourth-order valence-electron chi connectivity index (χ4n) is 3.67. The van der Waals surface area contributed by atoms with Gasteiger partial charge in [-0.15, -0.1) is 0 Å². The molecule has 1 aromatic heterocycles. The molecule has 6 nitrogen and oxygen atoms in total. The number of ether oxygens (including phenoxy) is 2. The van der Waals surface area contributed by atoms with Crippen LogP contribution in [-0.4, -0.2) is 30.9 Å². The zero-order chi connectivity index (χ0) is 23.9. The van der Waals surface area contributed by atoms with Gasteiger partial charge in [0, 0.05) is 23.7 Å². The van der Waals surface area contributed by atoms with E-state index in [1.54, 1.807) is 36.4 Å². The van der Waals surface area contributed by atoms with Gasteiger partial charge in [-0.2, -0.15) is 0 Å². The molecule has 4 rings (SSSR count). The summed E-state index contributed by atoms with van der Waals surface area (Å²) in [6.07, 6.45) is 1.47. The van der Waals surface area contributed by atoms with E-state index in [1.165, 1.54) is 0 Å². The van der Waals surface area contributed by atoms with Gasteiger partial charge in [-0.1, -0.05) is 49.2 Å². The molecule has 178 valence electrons. The van der Waals surface area contributed by atoms with Crippen LogP contribution >= 0.6 is 11.6 Å². The predicted octanol–water partition coefficient (Wildman–Crippen LogP) is 5.31. The third-order valence-corrected chi connectivity index (χ3v) is 5.67. The number of nitrogens with one attached hydrogen (secondary N) is 1. The van der Waals surface area contributed by atoms with E-state index in [0.717, 1.165) is 24.9 Å². The lowest BCUT2D eigenvalue weighted by Gasteiger charge is -2.15. The average Bonchev–Trinajstić information content (AvgIpc) is 2.84. The van der Waals surface area contributed by atoms with Crippen LogP contribution in [0.25, 0.3) is 21.9 Å². The van der Waals surface area contributed by atoms with Crippen LogP contribution in [0.1, 0.15) is 25.3 Å². The van der Waals surface area contributed by atoms with Gasteiger partial charge in [-0.25, -0.2) is 0 Å². The molecule has 34 heavy (non-hydrogen) atoms. The normalized spacial score (nSPS) is 12.2. The van der Waals surface area contributed by atoms with Gasteiger partial charge in [-0.3, -0.25) is 4.79 Å². The van der Waals surface area contributed by atoms with E-state index in [9.17, 15) is 9.90 Å². The Labute approximate surface area is 203 Å². The molecule has 0 saturated carbocycles. The van der Waals surface area contributed by atoms with Gasteiger partial charge in [0.1, 0.15) is 47.4 Å². The minimum atomic E-state index is -0.674. The number of unbranched alkanes of at least 4 members (excludes halogenated alkanes) is 1. The monoisotopic (exact) mass is 481 g/mol. The number of aliphatic hydroxyl groups is 1. The van der Waals surface area contributed by atoms with Crippen molar-refractivity contribution in [2.45, 2.75) is 32.5 Å². The molecule has 0 saturated heterocycles. The van der Waals surface area contributed by atoms with Crippen LogP contribution in [0.4, 0.5) is 0 Å². The number of hydrogen-bond donors (Lipinski definition) is 2. The highest BCUT2D eigenvalue weighted by atomic mass is 35.5. The van der Waals surface area contributed by atoms with Crippen LogP contribution in [0.5, 0.6) is 11.5 Å². The van der Waals surface area contributed by atoms with Crippen LogP contribution < -0.4 is 20.2 Å². The second kappa shape index (κ2) is 11.4. The first-order chi connectivity index (χ1) is 16.5. The van der Waals surface area contributed by atoms with Gasteiger partial charge in [0.05, 0.1) is 5.39 Å². The van der Waals surface area contributed by atoms with Gasteiger partial charge in [0.2, 0.25) is 5.43 Å². The Kier molecular flexibility index (Phi) is 8.06. The Balaban J connectivity index is 1.62. The zero-order valence-electron chi connectivity index (χ0n) is 19.1. The van der Waals surface area contributed by atoms with Crippen molar-refractivity contribution in [2.24, 2.45) is 0 Å². The highest BCUT2D eigenvalue weighted by Crippen LogP contribution is 2.32. The number of fused-ring (bicyclic) bond motifs is 2. The van der Waals surface area contributed by atoms with Crippen molar-refractivity contribution in [3.8, 4) is 11.5 Å². The number of benzene rings is 3. The summed E-state index contributed by atoms with van der Waals surface area (Å²) < 4.78 is 17.9. The fraction of sp³-hybridized carbons (Fsp3) is 0.296. The van der Waals surface area contributed by atoms with Crippen molar-refractivity contribution in [1.82, 2.24) is 5.32 Å². The molecule has 1 heterocycles. The van der Waals surface area contributed by atoms with Crippen LogP contribution in [0.15, 0.2) is 69.9 Å². The Morgan fingerprint density at radius 3 is 2.74 bits per heavy atom. The number of rotatable bonds is 11. The topological polar surface area (TPSA) is 80.9 Å².